The van der Waals surface area contributed by atoms with Gasteiger partial charge in [-0.2, -0.15) is 5.11 Å². The van der Waals surface area contributed by atoms with Crippen LogP contribution in [0.3, 0.4) is 0 Å². The van der Waals surface area contributed by atoms with E-state index < -0.39 is 0 Å². The van der Waals surface area contributed by atoms with Gasteiger partial charge in [-0.1, -0.05) is 25.6 Å². The van der Waals surface area contributed by atoms with Crippen molar-refractivity contribution < 1.29 is 1.43 Å². The lowest BCUT2D eigenvalue weighted by molar-refractivity contribution is 0.805. The van der Waals surface area contributed by atoms with Gasteiger partial charge in [0.05, 0.1) is 7.05 Å². The van der Waals surface area contributed by atoms with E-state index in [0.29, 0.717) is 0 Å². The predicted molar refractivity (Wildman–Crippen MR) is 42.2 cm³/mol. The van der Waals surface area contributed by atoms with E-state index in [-0.39, 0.29) is 1.43 Å². The Morgan fingerprint density at radius 1 is 1.56 bits per heavy atom. The first-order chi connectivity index (χ1) is 4.27. The first-order valence-corrected chi connectivity index (χ1v) is 2.97. The predicted octanol–water partition coefficient (Wildman–Crippen LogP) is 2.38. The molecule has 0 amide bonds. The van der Waals surface area contributed by atoms with Crippen LogP contribution in [0, 0.1) is 0 Å². The van der Waals surface area contributed by atoms with Gasteiger partial charge in [0.1, 0.15) is 0 Å². The molecule has 9 heavy (non-hydrogen) atoms. The maximum Gasteiger partial charge on any atom is 0.0509 e. The van der Waals surface area contributed by atoms with Crippen LogP contribution in [0.25, 0.3) is 0 Å². The lowest BCUT2D eigenvalue weighted by Gasteiger charge is -1.89. The molecule has 0 aromatic carbocycles. The third-order valence-corrected chi connectivity index (χ3v) is 0.341. The summed E-state index contributed by atoms with van der Waals surface area (Å²) in [6.45, 7) is 9.34. The van der Waals surface area contributed by atoms with Crippen LogP contribution < -0.4 is 5.43 Å². The fourth-order valence-corrected chi connectivity index (χ4v) is 0.135. The molecule has 0 bridgehead atoms. The lowest BCUT2D eigenvalue weighted by Crippen LogP contribution is -1.96. The van der Waals surface area contributed by atoms with Crippen LogP contribution in [0.2, 0.25) is 0 Å². The van der Waals surface area contributed by atoms with Crippen LogP contribution in [0.5, 0.6) is 0 Å². The summed E-state index contributed by atoms with van der Waals surface area (Å²) >= 11 is 0. The summed E-state index contributed by atoms with van der Waals surface area (Å²) in [6, 6.07) is 0. The summed E-state index contributed by atoms with van der Waals surface area (Å²) in [5.74, 6) is 0. The van der Waals surface area contributed by atoms with Crippen molar-refractivity contribution >= 4 is 0 Å². The normalized spacial score (nSPS) is 8.00. The van der Waals surface area contributed by atoms with Crippen LogP contribution in [0.15, 0.2) is 22.6 Å². The molecule has 3 heteroatoms. The number of nitrogens with one attached hydrogen (secondary N) is 1. The fourth-order valence-electron chi connectivity index (χ4n) is 0.135. The van der Waals surface area contributed by atoms with E-state index >= 15 is 0 Å². The van der Waals surface area contributed by atoms with Crippen molar-refractivity contribution in [1.82, 2.24) is 5.43 Å². The van der Waals surface area contributed by atoms with Crippen LogP contribution in [-0.4, -0.2) is 7.05 Å². The molecule has 0 saturated carbocycles. The smallest absolute Gasteiger partial charge is 0.0509 e. The van der Waals surface area contributed by atoms with Gasteiger partial charge in [0.15, 0.2) is 0 Å². The number of nitrogens with zero attached hydrogens (tertiary/aromatic N) is 2. The zero-order valence-electron chi connectivity index (χ0n) is 6.60. The van der Waals surface area contributed by atoms with Gasteiger partial charge in [-0.05, 0) is 6.92 Å². The zero-order chi connectivity index (χ0) is 7.70. The first-order valence-electron chi connectivity index (χ1n) is 2.97. The summed E-state index contributed by atoms with van der Waals surface area (Å²) in [5.41, 5.74) is 3.36. The van der Waals surface area contributed by atoms with E-state index in [1.54, 1.807) is 7.05 Å². The second-order valence-electron chi connectivity index (χ2n) is 1.19. The van der Waals surface area contributed by atoms with Crippen LogP contribution >= 0.6 is 0 Å². The van der Waals surface area contributed by atoms with Crippen LogP contribution in [0.1, 0.15) is 22.2 Å². The van der Waals surface area contributed by atoms with Crippen molar-refractivity contribution in [2.75, 3.05) is 7.05 Å². The Labute approximate surface area is 58.3 Å². The molecule has 0 aliphatic carbocycles. The molecule has 0 rings (SSSR count). The largest absolute Gasteiger partial charge is 0.265 e. The van der Waals surface area contributed by atoms with Gasteiger partial charge < -0.3 is 0 Å². The van der Waals surface area contributed by atoms with E-state index in [4.69, 9.17) is 0 Å². The lowest BCUT2D eigenvalue weighted by atomic mass is 10.6. The van der Waals surface area contributed by atoms with Crippen LogP contribution in [-0.2, 0) is 0 Å². The molecule has 0 heterocycles. The van der Waals surface area contributed by atoms with E-state index in [1.807, 2.05) is 20.8 Å². The summed E-state index contributed by atoms with van der Waals surface area (Å²) < 4.78 is 0. The molecule has 0 aromatic rings. The van der Waals surface area contributed by atoms with E-state index in [0.717, 1.165) is 5.70 Å². The molecule has 0 spiro atoms. The monoisotopic (exact) mass is 131 g/mol. The molecule has 0 fully saturated rings. The Morgan fingerprint density at radius 3 is 2.11 bits per heavy atom. The van der Waals surface area contributed by atoms with E-state index in [2.05, 4.69) is 22.3 Å². The van der Waals surface area contributed by atoms with Gasteiger partial charge >= 0.3 is 0 Å². The minimum Gasteiger partial charge on any atom is -0.265 e. The molecular weight excluding hydrogens is 114 g/mol. The van der Waals surface area contributed by atoms with Gasteiger partial charge in [0, 0.05) is 7.12 Å². The average Bonchev–Trinajstić information content (AvgIpc) is 1.88. The van der Waals surface area contributed by atoms with Gasteiger partial charge in [0.25, 0.3) is 0 Å². The van der Waals surface area contributed by atoms with Crippen molar-refractivity contribution in [3.8, 4) is 0 Å². The van der Waals surface area contributed by atoms with Gasteiger partial charge in [-0.25, -0.2) is 0 Å². The Bertz CT molecular complexity index is 91.0. The quantitative estimate of drug-likeness (QED) is 0.453. The van der Waals surface area contributed by atoms with Gasteiger partial charge in [-0.15, -0.1) is 0 Å². The van der Waals surface area contributed by atoms with E-state index in [1.165, 1.54) is 0 Å². The van der Waals surface area contributed by atoms with E-state index in [9.17, 15) is 0 Å². The minimum atomic E-state index is 0. The highest BCUT2D eigenvalue weighted by Gasteiger charge is 1.70. The fraction of sp³-hybridized carbons (Fsp3) is 0.667. The Hall–Kier alpha value is -0.860. The highest BCUT2D eigenvalue weighted by atomic mass is 15.4. The van der Waals surface area contributed by atoms with Crippen molar-refractivity contribution in [3.05, 3.63) is 12.3 Å². The van der Waals surface area contributed by atoms with Crippen LogP contribution in [0.4, 0.5) is 0 Å². The summed E-state index contributed by atoms with van der Waals surface area (Å²) in [7, 11) is 1.59. The molecule has 0 radical (unpaired) electrons. The summed E-state index contributed by atoms with van der Waals surface area (Å²) in [4.78, 5) is 0. The van der Waals surface area contributed by atoms with Crippen molar-refractivity contribution in [2.24, 2.45) is 10.3 Å². The van der Waals surface area contributed by atoms with Crippen molar-refractivity contribution in [1.29, 1.82) is 0 Å². The van der Waals surface area contributed by atoms with Gasteiger partial charge in [-0.3, -0.25) is 5.43 Å². The Balaban J connectivity index is -0.000000149. The third-order valence-electron chi connectivity index (χ3n) is 0.341. The highest BCUT2D eigenvalue weighted by molar-refractivity contribution is 4.80. The Morgan fingerprint density at radius 2 is 2.00 bits per heavy atom. The molecular formula is C6H17N3. The molecule has 0 unspecified atom stereocenters. The molecule has 1 N–H and O–H groups in total. The standard InChI is InChI=1S/C4H9N3.C2H6.H2/c1-4(2)6-7-5-3;1-2;/h1H2,2-3H3,(H,5,6);1-2H3;1H. The average molecular weight is 131 g/mol. The molecule has 0 aromatic heterocycles. The number of allylic oxidation sites excluding steroid dienone is 1. The highest BCUT2D eigenvalue weighted by Crippen LogP contribution is 1.75. The van der Waals surface area contributed by atoms with Crippen molar-refractivity contribution in [3.63, 3.8) is 0 Å². The number of rotatable bonds is 2. The number of hydrogen-bond donors (Lipinski definition) is 1. The first kappa shape index (κ1) is 11.0. The minimum absolute atomic E-state index is 0. The second kappa shape index (κ2) is 10.2. The maximum absolute atomic E-state index is 3.53. The molecule has 0 aliphatic rings. The summed E-state index contributed by atoms with van der Waals surface area (Å²) in [5, 5.41) is 6.88. The number of hydrogen-bond acceptors (Lipinski definition) is 2. The van der Waals surface area contributed by atoms with Gasteiger partial charge in [0.2, 0.25) is 0 Å². The molecule has 0 atom stereocenters. The third kappa shape index (κ3) is 19.1. The zero-order valence-corrected chi connectivity index (χ0v) is 6.60. The molecule has 3 nitrogen and oxygen atoms in total. The molecule has 56 valence electrons. The SMILES string of the molecule is C=C(C)NN=NC.CC.[HH]. The topological polar surface area (TPSA) is 36.8 Å². The second-order valence-corrected chi connectivity index (χ2v) is 1.19. The maximum atomic E-state index is 3.53. The molecule has 0 aliphatic heterocycles. The Kier molecular flexibility index (Phi) is 12.5. The summed E-state index contributed by atoms with van der Waals surface area (Å²) in [6.07, 6.45) is 0. The molecule has 0 saturated heterocycles. The van der Waals surface area contributed by atoms with Crippen molar-refractivity contribution in [2.45, 2.75) is 20.8 Å².